The molecule has 1 atom stereocenters. The Balaban J connectivity index is 1.97. The van der Waals surface area contributed by atoms with Crippen LogP contribution in [0.4, 0.5) is 5.69 Å². The van der Waals surface area contributed by atoms with E-state index in [1.807, 2.05) is 92.6 Å². The van der Waals surface area contributed by atoms with Gasteiger partial charge >= 0.3 is 17.9 Å². The lowest BCUT2D eigenvalue weighted by Gasteiger charge is -2.36. The standard InChI is InChI=1S/C40H61N5O8/c1-38(2,3)51-35(46)28-42-21-19-41(20-22-43(24-23-42)29-36(47)52-39(4,5)6)27-34(25-31-15-17-33(18-16-31)45(49)50)44(26-32-13-11-10-12-14-32)30-37(48)53-40(7,8)9/h10-18,34H,19-30H2,1-9H3. The monoisotopic (exact) mass is 739 g/mol. The van der Waals surface area contributed by atoms with E-state index in [-0.39, 0.29) is 49.3 Å². The highest BCUT2D eigenvalue weighted by molar-refractivity contribution is 5.73. The van der Waals surface area contributed by atoms with E-state index in [4.69, 9.17) is 14.2 Å². The number of rotatable bonds is 14. The molecule has 1 saturated heterocycles. The summed E-state index contributed by atoms with van der Waals surface area (Å²) in [6, 6.07) is 16.2. The van der Waals surface area contributed by atoms with Gasteiger partial charge in [-0.3, -0.25) is 44.1 Å². The predicted octanol–water partition coefficient (Wildman–Crippen LogP) is 4.95. The highest BCUT2D eigenvalue weighted by Crippen LogP contribution is 2.20. The minimum atomic E-state index is -0.667. The van der Waals surface area contributed by atoms with Crippen molar-refractivity contribution in [2.24, 2.45) is 0 Å². The summed E-state index contributed by atoms with van der Waals surface area (Å²) in [5.41, 5.74) is 0.0292. The van der Waals surface area contributed by atoms with Gasteiger partial charge in [0.1, 0.15) is 16.8 Å². The summed E-state index contributed by atoms with van der Waals surface area (Å²) in [4.78, 5) is 58.9. The maximum Gasteiger partial charge on any atom is 0.320 e. The molecule has 0 spiro atoms. The van der Waals surface area contributed by atoms with Gasteiger partial charge in [-0.15, -0.1) is 0 Å². The number of carbonyl (C=O) groups is 3. The number of ether oxygens (including phenoxy) is 3. The van der Waals surface area contributed by atoms with Crippen LogP contribution in [0, 0.1) is 10.1 Å². The quantitative estimate of drug-likeness (QED) is 0.112. The molecule has 53 heavy (non-hydrogen) atoms. The third-order valence-electron chi connectivity index (χ3n) is 8.33. The van der Waals surface area contributed by atoms with Crippen molar-refractivity contribution in [1.29, 1.82) is 0 Å². The Kier molecular flexibility index (Phi) is 15.9. The van der Waals surface area contributed by atoms with Crippen molar-refractivity contribution >= 4 is 23.6 Å². The Morgan fingerprint density at radius 2 is 1.09 bits per heavy atom. The molecule has 2 aromatic rings. The number of carbonyl (C=O) groups excluding carboxylic acids is 3. The smallest absolute Gasteiger partial charge is 0.320 e. The van der Waals surface area contributed by atoms with Gasteiger partial charge in [0.25, 0.3) is 5.69 Å². The molecule has 0 bridgehead atoms. The van der Waals surface area contributed by atoms with Crippen LogP contribution < -0.4 is 0 Å². The summed E-state index contributed by atoms with van der Waals surface area (Å²) in [7, 11) is 0. The molecule has 0 N–H and O–H groups in total. The highest BCUT2D eigenvalue weighted by atomic mass is 16.6. The molecule has 0 saturated carbocycles. The van der Waals surface area contributed by atoms with Gasteiger partial charge in [-0.25, -0.2) is 0 Å². The van der Waals surface area contributed by atoms with Crippen molar-refractivity contribution in [3.05, 3.63) is 75.8 Å². The number of non-ortho nitro benzene ring substituents is 1. The molecule has 1 aliphatic heterocycles. The first-order valence-electron chi connectivity index (χ1n) is 18.5. The molecule has 13 nitrogen and oxygen atoms in total. The van der Waals surface area contributed by atoms with Crippen LogP contribution in [0.25, 0.3) is 0 Å². The minimum absolute atomic E-state index is 0.00960. The number of esters is 3. The van der Waals surface area contributed by atoms with Crippen LogP contribution in [-0.2, 0) is 41.6 Å². The maximum absolute atomic E-state index is 13.4. The van der Waals surface area contributed by atoms with E-state index in [0.717, 1.165) is 11.1 Å². The van der Waals surface area contributed by atoms with E-state index in [9.17, 15) is 24.5 Å². The fourth-order valence-corrected chi connectivity index (χ4v) is 6.10. The van der Waals surface area contributed by atoms with E-state index in [1.54, 1.807) is 12.1 Å². The average Bonchev–Trinajstić information content (AvgIpc) is 3.09. The number of hydrogen-bond acceptors (Lipinski definition) is 12. The molecule has 0 aromatic heterocycles. The van der Waals surface area contributed by atoms with Gasteiger partial charge in [0.15, 0.2) is 0 Å². The first-order chi connectivity index (χ1) is 24.6. The molecule has 1 aliphatic rings. The number of nitro benzene ring substituents is 1. The van der Waals surface area contributed by atoms with Gasteiger partial charge < -0.3 is 14.2 Å². The van der Waals surface area contributed by atoms with Gasteiger partial charge in [-0.05, 0) is 79.9 Å². The zero-order valence-corrected chi connectivity index (χ0v) is 33.3. The Morgan fingerprint density at radius 3 is 1.53 bits per heavy atom. The van der Waals surface area contributed by atoms with Crippen LogP contribution >= 0.6 is 0 Å². The fourth-order valence-electron chi connectivity index (χ4n) is 6.10. The van der Waals surface area contributed by atoms with Crippen molar-refractivity contribution in [2.75, 3.05) is 65.4 Å². The lowest BCUT2D eigenvalue weighted by molar-refractivity contribution is -0.384. The SMILES string of the molecule is CC(C)(C)OC(=O)CN1CCN(CC(=O)OC(C)(C)C)CCN(CC(Cc2ccc([N+](=O)[O-])cc2)N(CC(=O)OC(C)(C)C)Cc2ccccc2)CC1. The molecule has 2 aromatic carbocycles. The highest BCUT2D eigenvalue weighted by Gasteiger charge is 2.29. The molecule has 1 heterocycles. The molecule has 0 radical (unpaired) electrons. The second-order valence-electron chi connectivity index (χ2n) is 16.8. The number of benzene rings is 2. The van der Waals surface area contributed by atoms with Crippen LogP contribution in [0.1, 0.15) is 73.4 Å². The maximum atomic E-state index is 13.4. The average molecular weight is 740 g/mol. The summed E-state index contributed by atoms with van der Waals surface area (Å²) in [6.07, 6.45) is 0.507. The van der Waals surface area contributed by atoms with Gasteiger partial charge in [-0.2, -0.15) is 0 Å². The third-order valence-corrected chi connectivity index (χ3v) is 8.33. The Bertz CT molecular complexity index is 1440. The predicted molar refractivity (Wildman–Crippen MR) is 204 cm³/mol. The van der Waals surface area contributed by atoms with Crippen LogP contribution in [-0.4, -0.2) is 131 Å². The summed E-state index contributed by atoms with van der Waals surface area (Å²) >= 11 is 0. The Labute approximate surface area is 315 Å². The van der Waals surface area contributed by atoms with Crippen LogP contribution in [0.3, 0.4) is 0 Å². The topological polar surface area (TPSA) is 135 Å². The van der Waals surface area contributed by atoms with Gasteiger partial charge in [-0.1, -0.05) is 42.5 Å². The van der Waals surface area contributed by atoms with E-state index >= 15 is 0 Å². The fraction of sp³-hybridized carbons (Fsp3) is 0.625. The first-order valence-corrected chi connectivity index (χ1v) is 18.5. The third kappa shape index (κ3) is 17.6. The summed E-state index contributed by atoms with van der Waals surface area (Å²) in [6.45, 7) is 21.4. The summed E-state index contributed by atoms with van der Waals surface area (Å²) < 4.78 is 17.1. The zero-order valence-electron chi connectivity index (χ0n) is 33.3. The van der Waals surface area contributed by atoms with Crippen LogP contribution in [0.5, 0.6) is 0 Å². The number of hydrogen-bond donors (Lipinski definition) is 0. The lowest BCUT2D eigenvalue weighted by Crippen LogP contribution is -2.50. The minimum Gasteiger partial charge on any atom is -0.459 e. The molecule has 294 valence electrons. The van der Waals surface area contributed by atoms with Gasteiger partial charge in [0, 0.05) is 70.5 Å². The number of nitro groups is 1. The van der Waals surface area contributed by atoms with E-state index in [1.165, 1.54) is 12.1 Å². The summed E-state index contributed by atoms with van der Waals surface area (Å²) in [5.74, 6) is -0.979. The van der Waals surface area contributed by atoms with E-state index < -0.39 is 21.7 Å². The molecule has 1 fully saturated rings. The second-order valence-corrected chi connectivity index (χ2v) is 16.8. The lowest BCUT2D eigenvalue weighted by atomic mass is 10.0. The van der Waals surface area contributed by atoms with Crippen LogP contribution in [0.15, 0.2) is 54.6 Å². The van der Waals surface area contributed by atoms with E-state index in [2.05, 4.69) is 19.6 Å². The van der Waals surface area contributed by atoms with Crippen molar-refractivity contribution in [1.82, 2.24) is 19.6 Å². The van der Waals surface area contributed by atoms with Crippen molar-refractivity contribution in [2.45, 2.75) is 98.1 Å². The van der Waals surface area contributed by atoms with E-state index in [0.29, 0.717) is 58.8 Å². The molecule has 0 aliphatic carbocycles. The number of nitrogens with zero attached hydrogens (tertiary/aromatic N) is 5. The summed E-state index contributed by atoms with van der Waals surface area (Å²) in [5, 5.41) is 11.4. The normalized spacial score (nSPS) is 16.3. The molecule has 3 rings (SSSR count). The van der Waals surface area contributed by atoms with Gasteiger partial charge in [0.2, 0.25) is 0 Å². The van der Waals surface area contributed by atoms with Crippen LogP contribution in [0.2, 0.25) is 0 Å². The molecule has 13 heteroatoms. The Hall–Kier alpha value is -3.91. The van der Waals surface area contributed by atoms with Crippen molar-refractivity contribution < 1.29 is 33.5 Å². The van der Waals surface area contributed by atoms with Gasteiger partial charge in [0.05, 0.1) is 24.6 Å². The largest absolute Gasteiger partial charge is 0.459 e. The molecular formula is C40H61N5O8. The zero-order chi connectivity index (χ0) is 39.4. The van der Waals surface area contributed by atoms with Crippen molar-refractivity contribution in [3.63, 3.8) is 0 Å². The molecule has 0 amide bonds. The molecule has 1 unspecified atom stereocenters. The molecular weight excluding hydrogens is 678 g/mol. The Morgan fingerprint density at radius 1 is 0.660 bits per heavy atom. The first kappa shape index (κ1) is 43.5. The second kappa shape index (κ2) is 19.4. The van der Waals surface area contributed by atoms with Crippen molar-refractivity contribution in [3.8, 4) is 0 Å².